The highest BCUT2D eigenvalue weighted by molar-refractivity contribution is 7.79. The Morgan fingerprint density at radius 2 is 1.50 bits per heavy atom. The zero-order valence-corrected chi connectivity index (χ0v) is 9.13. The van der Waals surface area contributed by atoms with Crippen molar-refractivity contribution in [2.24, 2.45) is 11.1 Å². The first-order valence-electron chi connectivity index (χ1n) is 3.54. The predicted molar refractivity (Wildman–Crippen MR) is 52.0 cm³/mol. The van der Waals surface area contributed by atoms with Crippen molar-refractivity contribution in [1.29, 1.82) is 0 Å². The second kappa shape index (κ2) is 5.08. The molecule has 0 bridgehead atoms. The Labute approximate surface area is 83.4 Å². The molecular formula is C7H15NO5S. The van der Waals surface area contributed by atoms with E-state index in [9.17, 15) is 4.79 Å². The van der Waals surface area contributed by atoms with E-state index in [2.05, 4.69) is 6.58 Å². The lowest BCUT2D eigenvalue weighted by Crippen LogP contribution is -2.23. The molecule has 0 radical (unpaired) electrons. The van der Waals surface area contributed by atoms with Gasteiger partial charge in [-0.3, -0.25) is 13.9 Å². The van der Waals surface area contributed by atoms with Gasteiger partial charge >= 0.3 is 10.4 Å². The first-order valence-corrected chi connectivity index (χ1v) is 4.94. The molecule has 0 aliphatic rings. The molecule has 0 unspecified atom stereocenters. The van der Waals surface area contributed by atoms with E-state index < -0.39 is 16.3 Å². The molecule has 0 aromatic rings. The molecule has 4 N–H and O–H groups in total. The summed E-state index contributed by atoms with van der Waals surface area (Å²) in [5.74, 6) is -0.414. The molecule has 0 heterocycles. The summed E-state index contributed by atoms with van der Waals surface area (Å²) in [6.07, 6.45) is 0. The highest BCUT2D eigenvalue weighted by Gasteiger charge is 2.18. The molecule has 0 aromatic carbocycles. The van der Waals surface area contributed by atoms with Crippen LogP contribution >= 0.6 is 0 Å². The number of amides is 1. The van der Waals surface area contributed by atoms with E-state index in [4.69, 9.17) is 23.3 Å². The molecule has 0 rings (SSSR count). The van der Waals surface area contributed by atoms with E-state index >= 15 is 0 Å². The molecule has 6 nitrogen and oxygen atoms in total. The number of carbonyl (C=O) groups is 1. The zero-order chi connectivity index (χ0) is 12.2. The number of primary amides is 1. The molecule has 0 saturated carbocycles. The molecule has 0 atom stereocenters. The van der Waals surface area contributed by atoms with Gasteiger partial charge in [0.2, 0.25) is 5.91 Å². The van der Waals surface area contributed by atoms with Crippen LogP contribution in [0.3, 0.4) is 0 Å². The van der Waals surface area contributed by atoms with Crippen LogP contribution in [0.15, 0.2) is 12.2 Å². The highest BCUT2D eigenvalue weighted by atomic mass is 32.3. The van der Waals surface area contributed by atoms with Gasteiger partial charge in [-0.2, -0.15) is 8.42 Å². The quantitative estimate of drug-likeness (QED) is 0.441. The molecule has 0 aromatic heterocycles. The van der Waals surface area contributed by atoms with Crippen molar-refractivity contribution in [3.63, 3.8) is 0 Å². The summed E-state index contributed by atoms with van der Waals surface area (Å²) in [7, 11) is -4.67. The van der Waals surface area contributed by atoms with Crippen molar-refractivity contribution in [3.05, 3.63) is 12.2 Å². The number of rotatable bonds is 1. The minimum atomic E-state index is -4.67. The average Bonchev–Trinajstić information content (AvgIpc) is 1.79. The molecule has 0 aliphatic carbocycles. The van der Waals surface area contributed by atoms with Crippen LogP contribution in [0.5, 0.6) is 0 Å². The minimum Gasteiger partial charge on any atom is -0.366 e. The summed E-state index contributed by atoms with van der Waals surface area (Å²) in [5, 5.41) is 0. The molecule has 0 spiro atoms. The minimum absolute atomic E-state index is 0.189. The second-order valence-electron chi connectivity index (χ2n) is 3.54. The second-order valence-corrected chi connectivity index (χ2v) is 4.44. The lowest BCUT2D eigenvalue weighted by atomic mass is 9.87. The molecule has 84 valence electrons. The fourth-order valence-electron chi connectivity index (χ4n) is 0.370. The third-order valence-electron chi connectivity index (χ3n) is 1.20. The van der Waals surface area contributed by atoms with Crippen molar-refractivity contribution in [1.82, 2.24) is 0 Å². The standard InChI is InChI=1S/C7H13NO.H2O4S/c1-5(6(8)9)7(2,3)4;1-5(2,3)4/h1H2,2-4H3,(H2,8,9);(H2,1,2,3,4). The van der Waals surface area contributed by atoms with Crippen LogP contribution in [0.2, 0.25) is 0 Å². The average molecular weight is 225 g/mol. The van der Waals surface area contributed by atoms with Crippen LogP contribution < -0.4 is 5.73 Å². The monoisotopic (exact) mass is 225 g/mol. The smallest absolute Gasteiger partial charge is 0.366 e. The van der Waals surface area contributed by atoms with Gasteiger partial charge in [0.05, 0.1) is 0 Å². The maximum atomic E-state index is 10.5. The number of carbonyl (C=O) groups excluding carboxylic acids is 1. The van der Waals surface area contributed by atoms with Gasteiger partial charge in [-0.05, 0) is 5.41 Å². The van der Waals surface area contributed by atoms with Crippen molar-refractivity contribution in [2.45, 2.75) is 20.8 Å². The van der Waals surface area contributed by atoms with Gasteiger partial charge < -0.3 is 5.73 Å². The first kappa shape index (κ1) is 15.5. The Balaban J connectivity index is 0. The molecule has 0 fully saturated rings. The summed E-state index contributed by atoms with van der Waals surface area (Å²) in [4.78, 5) is 10.5. The lowest BCUT2D eigenvalue weighted by Gasteiger charge is -2.17. The van der Waals surface area contributed by atoms with Crippen LogP contribution in [0.1, 0.15) is 20.8 Å². The van der Waals surface area contributed by atoms with E-state index in [0.717, 1.165) is 0 Å². The van der Waals surface area contributed by atoms with Crippen LogP contribution in [0, 0.1) is 5.41 Å². The van der Waals surface area contributed by atoms with E-state index in [1.54, 1.807) is 0 Å². The van der Waals surface area contributed by atoms with Crippen LogP contribution in [0.4, 0.5) is 0 Å². The fourth-order valence-corrected chi connectivity index (χ4v) is 0.370. The molecule has 7 heteroatoms. The normalized spacial score (nSPS) is 11.2. The van der Waals surface area contributed by atoms with Gasteiger partial charge in [0.15, 0.2) is 0 Å². The van der Waals surface area contributed by atoms with Crippen molar-refractivity contribution in [2.75, 3.05) is 0 Å². The van der Waals surface area contributed by atoms with E-state index in [1.807, 2.05) is 20.8 Å². The van der Waals surface area contributed by atoms with Gasteiger partial charge in [0.1, 0.15) is 0 Å². The van der Waals surface area contributed by atoms with Crippen molar-refractivity contribution in [3.8, 4) is 0 Å². The summed E-state index contributed by atoms with van der Waals surface area (Å²) in [6.45, 7) is 9.26. The highest BCUT2D eigenvalue weighted by Crippen LogP contribution is 2.22. The molecule has 0 saturated heterocycles. The van der Waals surface area contributed by atoms with Gasteiger partial charge in [-0.25, -0.2) is 0 Å². The van der Waals surface area contributed by atoms with Gasteiger partial charge in [-0.1, -0.05) is 27.4 Å². The summed E-state index contributed by atoms with van der Waals surface area (Å²) < 4.78 is 31.6. The predicted octanol–water partition coefficient (Wildman–Crippen LogP) is 0.421. The van der Waals surface area contributed by atoms with Crippen LogP contribution in [0.25, 0.3) is 0 Å². The van der Waals surface area contributed by atoms with E-state index in [0.29, 0.717) is 5.57 Å². The molecular weight excluding hydrogens is 210 g/mol. The van der Waals surface area contributed by atoms with E-state index in [1.165, 1.54) is 0 Å². The van der Waals surface area contributed by atoms with Gasteiger partial charge in [0.25, 0.3) is 0 Å². The summed E-state index contributed by atoms with van der Waals surface area (Å²) >= 11 is 0. The molecule has 0 aliphatic heterocycles. The van der Waals surface area contributed by atoms with Crippen molar-refractivity contribution < 1.29 is 22.3 Å². The Hall–Kier alpha value is -0.920. The zero-order valence-electron chi connectivity index (χ0n) is 8.31. The maximum absolute atomic E-state index is 10.5. The third kappa shape index (κ3) is 13.7. The molecule has 14 heavy (non-hydrogen) atoms. The van der Waals surface area contributed by atoms with Crippen molar-refractivity contribution >= 4 is 16.3 Å². The van der Waals surface area contributed by atoms with Gasteiger partial charge in [0, 0.05) is 5.57 Å². The first-order chi connectivity index (χ1) is 5.85. The number of hydrogen-bond donors (Lipinski definition) is 3. The maximum Gasteiger partial charge on any atom is 0.394 e. The van der Waals surface area contributed by atoms with Crippen LogP contribution in [-0.2, 0) is 15.2 Å². The lowest BCUT2D eigenvalue weighted by molar-refractivity contribution is -0.115. The Kier molecular flexibility index (Phi) is 5.65. The summed E-state index contributed by atoms with van der Waals surface area (Å²) in [6, 6.07) is 0. The Morgan fingerprint density at radius 1 is 1.29 bits per heavy atom. The van der Waals surface area contributed by atoms with Crippen LogP contribution in [-0.4, -0.2) is 23.4 Å². The fraction of sp³-hybridized carbons (Fsp3) is 0.571. The third-order valence-corrected chi connectivity index (χ3v) is 1.20. The van der Waals surface area contributed by atoms with E-state index in [-0.39, 0.29) is 5.41 Å². The number of nitrogens with two attached hydrogens (primary N) is 1. The largest absolute Gasteiger partial charge is 0.394 e. The topological polar surface area (TPSA) is 118 Å². The molecule has 1 amide bonds. The summed E-state index contributed by atoms with van der Waals surface area (Å²) in [5.41, 5.74) is 5.27. The SMILES string of the molecule is C=C(C(N)=O)C(C)(C)C.O=S(=O)(O)O. The number of hydrogen-bond acceptors (Lipinski definition) is 3. The van der Waals surface area contributed by atoms with Gasteiger partial charge in [-0.15, -0.1) is 0 Å². The Bertz CT molecular complexity index is 303. The Morgan fingerprint density at radius 3 is 1.50 bits per heavy atom.